The number of imidazole rings is 1. The molecule has 222 valence electrons. The van der Waals surface area contributed by atoms with Crippen molar-refractivity contribution in [1.82, 2.24) is 25.6 Å². The third-order valence-corrected chi connectivity index (χ3v) is 7.69. The number of hydrogen-bond acceptors (Lipinski definition) is 6. The largest absolute Gasteiger partial charge is 0.353 e. The average molecular weight is 611 g/mol. The molecule has 0 radical (unpaired) electrons. The maximum atomic E-state index is 13.3. The van der Waals surface area contributed by atoms with E-state index in [1.165, 1.54) is 11.9 Å². The molecule has 9 nitrogen and oxygen atoms in total. The lowest BCUT2D eigenvalue weighted by Crippen LogP contribution is -2.37. The van der Waals surface area contributed by atoms with E-state index < -0.39 is 18.4 Å². The molecule has 1 fully saturated rings. The number of alkyl halides is 2. The van der Waals surface area contributed by atoms with Crippen molar-refractivity contribution in [3.05, 3.63) is 39.4 Å². The Morgan fingerprint density at radius 3 is 2.51 bits per heavy atom. The molecule has 2 heterocycles. The molecule has 2 amide bonds. The van der Waals surface area contributed by atoms with Crippen LogP contribution >= 0.6 is 23.2 Å². The molecule has 1 aliphatic carbocycles. The molecule has 0 unspecified atom stereocenters. The van der Waals surface area contributed by atoms with Gasteiger partial charge in [0, 0.05) is 25.0 Å². The Hall–Kier alpha value is -3.18. The summed E-state index contributed by atoms with van der Waals surface area (Å²) in [7, 11) is 1.47. The fraction of sp³-hybridized carbons (Fsp3) is 0.500. The Labute approximate surface area is 247 Å². The third-order valence-electron chi connectivity index (χ3n) is 6.95. The number of aromatic nitrogens is 3. The van der Waals surface area contributed by atoms with Gasteiger partial charge < -0.3 is 25.8 Å². The van der Waals surface area contributed by atoms with Gasteiger partial charge in [-0.25, -0.2) is 13.8 Å². The summed E-state index contributed by atoms with van der Waals surface area (Å²) in [5.41, 5.74) is 1.27. The molecular formula is C28H35Cl2F2N7O2. The first-order valence-corrected chi connectivity index (χ1v) is 14.3. The van der Waals surface area contributed by atoms with Gasteiger partial charge in [-0.2, -0.15) is 4.98 Å². The van der Waals surface area contributed by atoms with Crippen LogP contribution in [0, 0.1) is 5.41 Å². The number of rotatable bonds is 9. The van der Waals surface area contributed by atoms with E-state index in [2.05, 4.69) is 30.9 Å². The summed E-state index contributed by atoms with van der Waals surface area (Å²) in [5.74, 6) is -0.156. The lowest BCUT2D eigenvalue weighted by Gasteiger charge is -2.25. The number of amides is 2. The first kappa shape index (κ1) is 30.8. The van der Waals surface area contributed by atoms with Crippen LogP contribution in [0.1, 0.15) is 68.8 Å². The standard InChI is InChI=1S/C28H35Cl2F2N7O2/c1-28(2,3)26(41)33-13-15-10-11-18(29)22(21(15)30)36-27-35-19-12-17(25(40)34-16-8-6-5-7-9-16)24(37-23(19)38-27)39(4)14-20(31)32/h10-12,16,20H,5-9,13-14H2,1-4H3,(H,33,41)(H,34,40)(H2,35,36,37,38). The molecule has 41 heavy (non-hydrogen) atoms. The number of pyridine rings is 1. The summed E-state index contributed by atoms with van der Waals surface area (Å²) in [6.45, 7) is 5.05. The van der Waals surface area contributed by atoms with Crippen molar-refractivity contribution in [2.45, 2.75) is 71.9 Å². The molecule has 1 saturated carbocycles. The van der Waals surface area contributed by atoms with Crippen molar-refractivity contribution >= 4 is 63.6 Å². The Kier molecular flexibility index (Phi) is 9.59. The Bertz CT molecular complexity index is 1420. The van der Waals surface area contributed by atoms with Gasteiger partial charge in [-0.3, -0.25) is 9.59 Å². The van der Waals surface area contributed by atoms with E-state index in [0.29, 0.717) is 26.8 Å². The summed E-state index contributed by atoms with van der Waals surface area (Å²) >= 11 is 13.1. The second-order valence-electron chi connectivity index (χ2n) is 11.3. The molecule has 0 atom stereocenters. The Morgan fingerprint density at radius 2 is 1.85 bits per heavy atom. The first-order valence-electron chi connectivity index (χ1n) is 13.6. The van der Waals surface area contributed by atoms with Crippen molar-refractivity contribution in [1.29, 1.82) is 0 Å². The van der Waals surface area contributed by atoms with Crippen molar-refractivity contribution in [3.63, 3.8) is 0 Å². The minimum atomic E-state index is -2.62. The SMILES string of the molecule is CN(CC(F)F)c1nc2nc(Nc3c(Cl)ccc(CNC(=O)C(C)(C)C)c3Cl)[nH]c2cc1C(=O)NC1CCCCC1. The Morgan fingerprint density at radius 1 is 1.15 bits per heavy atom. The highest BCUT2D eigenvalue weighted by molar-refractivity contribution is 6.39. The zero-order valence-electron chi connectivity index (χ0n) is 23.5. The number of carbonyl (C=O) groups is 2. The summed E-state index contributed by atoms with van der Waals surface area (Å²) in [6, 6.07) is 4.98. The number of anilines is 3. The zero-order valence-corrected chi connectivity index (χ0v) is 25.0. The number of benzene rings is 1. The van der Waals surface area contributed by atoms with Crippen LogP contribution in [0.2, 0.25) is 10.0 Å². The van der Waals surface area contributed by atoms with Gasteiger partial charge in [-0.15, -0.1) is 0 Å². The van der Waals surface area contributed by atoms with Crippen molar-refractivity contribution < 1.29 is 18.4 Å². The maximum Gasteiger partial charge on any atom is 0.255 e. The topological polar surface area (TPSA) is 115 Å². The van der Waals surface area contributed by atoms with Crippen LogP contribution in [-0.2, 0) is 11.3 Å². The van der Waals surface area contributed by atoms with Gasteiger partial charge in [-0.1, -0.05) is 69.3 Å². The number of nitrogens with zero attached hydrogens (tertiary/aromatic N) is 3. The predicted octanol–water partition coefficient (Wildman–Crippen LogP) is 6.43. The molecule has 1 aromatic carbocycles. The van der Waals surface area contributed by atoms with Crippen molar-refractivity contribution in [2.75, 3.05) is 23.8 Å². The van der Waals surface area contributed by atoms with Gasteiger partial charge >= 0.3 is 0 Å². The minimum absolute atomic E-state index is 0.0314. The molecule has 4 N–H and O–H groups in total. The van der Waals surface area contributed by atoms with E-state index in [9.17, 15) is 18.4 Å². The zero-order chi connectivity index (χ0) is 29.9. The second kappa shape index (κ2) is 12.8. The maximum absolute atomic E-state index is 13.3. The fourth-order valence-corrected chi connectivity index (χ4v) is 5.19. The Balaban J connectivity index is 1.63. The van der Waals surface area contributed by atoms with Crippen LogP contribution in [0.4, 0.5) is 26.2 Å². The number of carbonyl (C=O) groups excluding carboxylic acids is 2. The van der Waals surface area contributed by atoms with Gasteiger partial charge in [0.1, 0.15) is 5.82 Å². The molecule has 0 aliphatic heterocycles. The number of hydrogen-bond donors (Lipinski definition) is 4. The van der Waals surface area contributed by atoms with Crippen LogP contribution in [0.15, 0.2) is 18.2 Å². The van der Waals surface area contributed by atoms with Crippen LogP contribution in [0.25, 0.3) is 11.2 Å². The highest BCUT2D eigenvalue weighted by Crippen LogP contribution is 2.36. The van der Waals surface area contributed by atoms with Crippen LogP contribution < -0.4 is 20.9 Å². The summed E-state index contributed by atoms with van der Waals surface area (Å²) in [5, 5.41) is 9.58. The molecular weight excluding hydrogens is 575 g/mol. The fourth-order valence-electron chi connectivity index (χ4n) is 4.66. The number of fused-ring (bicyclic) bond motifs is 1. The normalized spacial score (nSPS) is 14.4. The molecule has 1 aliphatic rings. The quantitative estimate of drug-likeness (QED) is 0.222. The van der Waals surface area contributed by atoms with E-state index in [-0.39, 0.29) is 47.4 Å². The second-order valence-corrected chi connectivity index (χ2v) is 12.1. The van der Waals surface area contributed by atoms with Crippen LogP contribution in [0.3, 0.4) is 0 Å². The summed E-state index contributed by atoms with van der Waals surface area (Å²) in [4.78, 5) is 38.9. The number of nitrogens with one attached hydrogen (secondary N) is 4. The van der Waals surface area contributed by atoms with Crippen LogP contribution in [0.5, 0.6) is 0 Å². The number of halogens is 4. The summed E-state index contributed by atoms with van der Waals surface area (Å²) < 4.78 is 26.5. The van der Waals surface area contributed by atoms with E-state index in [1.807, 2.05) is 20.8 Å². The van der Waals surface area contributed by atoms with E-state index >= 15 is 0 Å². The predicted molar refractivity (Wildman–Crippen MR) is 159 cm³/mol. The van der Waals surface area contributed by atoms with Crippen LogP contribution in [-0.4, -0.2) is 52.8 Å². The molecule has 2 aromatic heterocycles. The number of aromatic amines is 1. The van der Waals surface area contributed by atoms with Crippen molar-refractivity contribution in [2.24, 2.45) is 5.41 Å². The number of H-pyrrole nitrogens is 1. The molecule has 0 bridgehead atoms. The first-order chi connectivity index (χ1) is 19.3. The minimum Gasteiger partial charge on any atom is -0.353 e. The molecule has 0 spiro atoms. The van der Waals surface area contributed by atoms with Gasteiger partial charge in [0.15, 0.2) is 5.65 Å². The highest BCUT2D eigenvalue weighted by Gasteiger charge is 2.25. The van der Waals surface area contributed by atoms with Gasteiger partial charge in [0.05, 0.1) is 33.4 Å². The molecule has 4 rings (SSSR count). The monoisotopic (exact) mass is 609 g/mol. The molecule has 3 aromatic rings. The van der Waals surface area contributed by atoms with E-state index in [1.54, 1.807) is 18.2 Å². The molecule has 0 saturated heterocycles. The third kappa shape index (κ3) is 7.56. The summed E-state index contributed by atoms with van der Waals surface area (Å²) in [6.07, 6.45) is 2.34. The van der Waals surface area contributed by atoms with E-state index in [0.717, 1.165) is 32.1 Å². The van der Waals surface area contributed by atoms with E-state index in [4.69, 9.17) is 23.2 Å². The van der Waals surface area contributed by atoms with Crippen molar-refractivity contribution in [3.8, 4) is 0 Å². The average Bonchev–Trinajstić information content (AvgIpc) is 3.31. The smallest absolute Gasteiger partial charge is 0.255 e. The lowest BCUT2D eigenvalue weighted by atomic mass is 9.95. The molecule has 13 heteroatoms. The lowest BCUT2D eigenvalue weighted by molar-refractivity contribution is -0.128. The highest BCUT2D eigenvalue weighted by atomic mass is 35.5. The van der Waals surface area contributed by atoms with Gasteiger partial charge in [0.2, 0.25) is 11.9 Å². The van der Waals surface area contributed by atoms with Gasteiger partial charge in [0.25, 0.3) is 12.3 Å². The van der Waals surface area contributed by atoms with Gasteiger partial charge in [-0.05, 0) is 30.5 Å².